The molecule has 15 nitrogen and oxygen atoms in total. The first-order chi connectivity index (χ1) is 32.2. The van der Waals surface area contributed by atoms with Crippen LogP contribution in [0.3, 0.4) is 0 Å². The van der Waals surface area contributed by atoms with Gasteiger partial charge in [-0.15, -0.1) is 11.3 Å². The molecule has 5 heterocycles. The Bertz CT molecular complexity index is 2550. The van der Waals surface area contributed by atoms with Crippen LogP contribution in [0.25, 0.3) is 21.6 Å². The number of benzene rings is 3. The SMILES string of the molecule is Cc1ncsc1-c1ccc(CNC(=O)[C@@H]2C[C@@H](O)CN2C(=O)[C@@H](NC(=O)CCOCC(=O)Nc2cccc(-c3ccc4c(c3)[C@H]3[C@H](CCN3Cc3ccncc3)[C@@H](CO)N4)c2)C(C)(C)C)cc1. The number of aliphatic hydroxyl groups excluding tert-OH is 2. The normalized spacial score (nSPS) is 20.6. The summed E-state index contributed by atoms with van der Waals surface area (Å²) in [5, 5.41) is 33.1. The van der Waals surface area contributed by atoms with Crippen LogP contribution in [0, 0.1) is 18.3 Å². The molecule has 0 saturated carbocycles. The van der Waals surface area contributed by atoms with Gasteiger partial charge in [-0.05, 0) is 95.1 Å². The number of fused-ring (bicyclic) bond motifs is 3. The van der Waals surface area contributed by atoms with Crippen molar-refractivity contribution in [2.75, 3.05) is 43.5 Å². The second kappa shape index (κ2) is 20.9. The lowest BCUT2D eigenvalue weighted by molar-refractivity contribution is -0.144. The molecule has 2 fully saturated rings. The molecule has 16 heteroatoms. The first-order valence-electron chi connectivity index (χ1n) is 22.9. The van der Waals surface area contributed by atoms with Crippen LogP contribution in [-0.2, 0) is 37.0 Å². The number of nitrogens with one attached hydrogen (secondary N) is 4. The van der Waals surface area contributed by atoms with E-state index in [1.54, 1.807) is 11.3 Å². The van der Waals surface area contributed by atoms with Gasteiger partial charge in [0.05, 0.1) is 41.4 Å². The zero-order valence-electron chi connectivity index (χ0n) is 38.4. The molecule has 0 unspecified atom stereocenters. The van der Waals surface area contributed by atoms with Crippen LogP contribution >= 0.6 is 11.3 Å². The molecule has 0 aliphatic carbocycles. The monoisotopic (exact) mass is 928 g/mol. The van der Waals surface area contributed by atoms with E-state index in [1.807, 2.05) is 112 Å². The number of carbonyl (C=O) groups excluding carboxylic acids is 4. The number of aryl methyl sites for hydroxylation is 1. The highest BCUT2D eigenvalue weighted by Gasteiger charge is 2.45. The Morgan fingerprint density at radius 2 is 1.72 bits per heavy atom. The molecule has 3 aliphatic rings. The van der Waals surface area contributed by atoms with Gasteiger partial charge >= 0.3 is 0 Å². The van der Waals surface area contributed by atoms with Crippen molar-refractivity contribution in [3.8, 4) is 21.6 Å². The van der Waals surface area contributed by atoms with Crippen LogP contribution in [0.2, 0.25) is 0 Å². The summed E-state index contributed by atoms with van der Waals surface area (Å²) >= 11 is 1.57. The van der Waals surface area contributed by atoms with Gasteiger partial charge < -0.3 is 41.1 Å². The predicted molar refractivity (Wildman–Crippen MR) is 258 cm³/mol. The standard InChI is InChI=1S/C51H60N8O7S/c1-31-47(67-30-54-31)34-10-8-32(9-11-34)25-53-49(64)43-24-38(61)27-59(43)50(65)48(51(2,3)4)57-44(62)17-21-66-29-45(63)55-37-7-5-6-35(22-37)36-12-13-41-40(23-36)46-39(42(28-60)56-41)16-20-58(46)26-33-14-18-52-19-15-33/h5-15,18-19,22-23,30,38-39,42-43,46,48,56,60-61H,16-17,20-21,24-29H2,1-4H3,(H,53,64)(H,55,63)(H,57,62)/t38-,39-,42-,43+,46-,48-/m1/s1. The maximum absolute atomic E-state index is 14.1. The second-order valence-electron chi connectivity index (χ2n) is 18.8. The molecule has 2 aromatic heterocycles. The number of hydrogen-bond acceptors (Lipinski definition) is 12. The highest BCUT2D eigenvalue weighted by Crippen LogP contribution is 2.48. The van der Waals surface area contributed by atoms with Gasteiger partial charge in [0.2, 0.25) is 23.6 Å². The van der Waals surface area contributed by atoms with Gasteiger partial charge in [-0.1, -0.05) is 63.2 Å². The number of anilines is 2. The molecule has 0 radical (unpaired) electrons. The third-order valence-corrected chi connectivity index (χ3v) is 14.0. The van der Waals surface area contributed by atoms with Gasteiger partial charge in [-0.25, -0.2) is 4.98 Å². The first kappa shape index (κ1) is 47.5. The number of nitrogens with zero attached hydrogens (tertiary/aromatic N) is 4. The molecule has 0 bridgehead atoms. The second-order valence-corrected chi connectivity index (χ2v) is 19.7. The van der Waals surface area contributed by atoms with Crippen molar-refractivity contribution >= 4 is 46.3 Å². The van der Waals surface area contributed by atoms with E-state index >= 15 is 0 Å². The lowest BCUT2D eigenvalue weighted by Crippen LogP contribution is -2.57. The quantitative estimate of drug-likeness (QED) is 0.0666. The molecule has 67 heavy (non-hydrogen) atoms. The topological polar surface area (TPSA) is 198 Å². The van der Waals surface area contributed by atoms with Gasteiger partial charge in [-0.2, -0.15) is 0 Å². The number of ether oxygens (including phenoxy) is 1. The summed E-state index contributed by atoms with van der Waals surface area (Å²) < 4.78 is 5.62. The Labute approximate surface area is 395 Å². The number of amides is 4. The number of aliphatic hydroxyl groups is 2. The fourth-order valence-corrected chi connectivity index (χ4v) is 10.4. The number of hydrogen-bond donors (Lipinski definition) is 6. The van der Waals surface area contributed by atoms with Crippen LogP contribution in [0.1, 0.15) is 68.5 Å². The number of likely N-dealkylation sites (tertiary alicyclic amines) is 2. The lowest BCUT2D eigenvalue weighted by atomic mass is 9.82. The van der Waals surface area contributed by atoms with E-state index in [4.69, 9.17) is 4.74 Å². The number of pyridine rings is 1. The molecule has 8 rings (SSSR count). The van der Waals surface area contributed by atoms with Crippen molar-refractivity contribution in [3.63, 3.8) is 0 Å². The third-order valence-electron chi connectivity index (χ3n) is 13.0. The van der Waals surface area contributed by atoms with E-state index in [1.165, 1.54) is 16.0 Å². The highest BCUT2D eigenvalue weighted by atomic mass is 32.1. The van der Waals surface area contributed by atoms with Crippen LogP contribution in [-0.4, -0.2) is 111 Å². The maximum Gasteiger partial charge on any atom is 0.250 e. The fraction of sp³-hybridized carbons (Fsp3) is 0.412. The number of thiazole rings is 1. The summed E-state index contributed by atoms with van der Waals surface area (Å²) in [6, 6.07) is 24.1. The smallest absolute Gasteiger partial charge is 0.250 e. The third kappa shape index (κ3) is 11.2. The molecule has 3 aliphatic heterocycles. The summed E-state index contributed by atoms with van der Waals surface area (Å²) in [7, 11) is 0. The number of rotatable bonds is 16. The van der Waals surface area contributed by atoms with Gasteiger partial charge in [0.15, 0.2) is 0 Å². The molecular weight excluding hydrogens is 869 g/mol. The zero-order valence-corrected chi connectivity index (χ0v) is 39.2. The summed E-state index contributed by atoms with van der Waals surface area (Å²) in [5.74, 6) is -1.42. The van der Waals surface area contributed by atoms with Crippen molar-refractivity contribution in [2.24, 2.45) is 11.3 Å². The number of aromatic nitrogens is 2. The average molecular weight is 929 g/mol. The molecule has 0 spiro atoms. The maximum atomic E-state index is 14.1. The van der Waals surface area contributed by atoms with Crippen LogP contribution < -0.4 is 21.3 Å². The number of carbonyl (C=O) groups is 4. The fourth-order valence-electron chi connectivity index (χ4n) is 9.55. The van der Waals surface area contributed by atoms with E-state index in [0.29, 0.717) is 5.69 Å². The predicted octanol–water partition coefficient (Wildman–Crippen LogP) is 5.68. The van der Waals surface area contributed by atoms with Crippen LogP contribution in [0.15, 0.2) is 96.8 Å². The van der Waals surface area contributed by atoms with Crippen LogP contribution in [0.4, 0.5) is 11.4 Å². The molecule has 3 aromatic carbocycles. The summed E-state index contributed by atoms with van der Waals surface area (Å²) in [6.45, 7) is 9.06. The Kier molecular flexibility index (Phi) is 14.8. The summed E-state index contributed by atoms with van der Waals surface area (Å²) in [5.41, 5.74) is 9.89. The Morgan fingerprint density at radius 3 is 2.45 bits per heavy atom. The van der Waals surface area contributed by atoms with E-state index in [2.05, 4.69) is 48.3 Å². The van der Waals surface area contributed by atoms with Crippen molar-refractivity contribution in [2.45, 2.75) is 90.3 Å². The number of β-amino-alcohol motifs (C(OH)–C–C–N with tert-alkyl or cyclic N) is 1. The van der Waals surface area contributed by atoms with Gasteiger partial charge in [0, 0.05) is 68.2 Å². The molecule has 2 saturated heterocycles. The first-order valence-corrected chi connectivity index (χ1v) is 23.8. The largest absolute Gasteiger partial charge is 0.394 e. The molecule has 4 amide bonds. The van der Waals surface area contributed by atoms with Gasteiger partial charge in [-0.3, -0.25) is 29.1 Å². The lowest BCUT2D eigenvalue weighted by Gasteiger charge is -2.39. The molecule has 352 valence electrons. The van der Waals surface area contributed by atoms with E-state index < -0.39 is 35.4 Å². The minimum absolute atomic E-state index is 0.0309. The minimum atomic E-state index is -0.992. The van der Waals surface area contributed by atoms with Crippen molar-refractivity contribution in [1.29, 1.82) is 0 Å². The molecule has 6 atom stereocenters. The van der Waals surface area contributed by atoms with Crippen molar-refractivity contribution < 1.29 is 34.1 Å². The van der Waals surface area contributed by atoms with E-state index in [-0.39, 0.29) is 75.6 Å². The summed E-state index contributed by atoms with van der Waals surface area (Å²) in [6.07, 6.45) is 3.69. The van der Waals surface area contributed by atoms with Crippen molar-refractivity contribution in [1.82, 2.24) is 30.4 Å². The summed E-state index contributed by atoms with van der Waals surface area (Å²) in [4.78, 5) is 67.3. The van der Waals surface area contributed by atoms with Crippen LogP contribution in [0.5, 0.6) is 0 Å². The van der Waals surface area contributed by atoms with E-state index in [0.717, 1.165) is 58.0 Å². The Hall–Kier alpha value is -6.04. The van der Waals surface area contributed by atoms with Gasteiger partial charge in [0.25, 0.3) is 0 Å². The molecular formula is C51H60N8O7S. The Balaban J connectivity index is 0.822. The van der Waals surface area contributed by atoms with Gasteiger partial charge in [0.1, 0.15) is 18.7 Å². The van der Waals surface area contributed by atoms with E-state index in [9.17, 15) is 29.4 Å². The molecule has 6 N–H and O–H groups in total. The van der Waals surface area contributed by atoms with Crippen molar-refractivity contribution in [3.05, 3.63) is 119 Å². The minimum Gasteiger partial charge on any atom is -0.394 e. The average Bonchev–Trinajstić information content (AvgIpc) is 4.06. The Morgan fingerprint density at radius 1 is 0.955 bits per heavy atom. The zero-order chi connectivity index (χ0) is 47.2. The highest BCUT2D eigenvalue weighted by molar-refractivity contribution is 7.13. The molecule has 5 aromatic rings.